The van der Waals surface area contributed by atoms with Gasteiger partial charge in [0.1, 0.15) is 0 Å². The van der Waals surface area contributed by atoms with Crippen LogP contribution in [0.5, 0.6) is 0 Å². The maximum absolute atomic E-state index is 2.56. The molecule has 11 rings (SSSR count). The maximum Gasteiger partial charge on any atom is 0.0726 e. The molecular weight excluding hydrogens is 639 g/mol. The van der Waals surface area contributed by atoms with Crippen molar-refractivity contribution >= 4 is 11.4 Å². The summed E-state index contributed by atoms with van der Waals surface area (Å²) in [6.07, 6.45) is 7.88. The van der Waals surface area contributed by atoms with Crippen LogP contribution in [0.2, 0.25) is 0 Å². The van der Waals surface area contributed by atoms with E-state index in [1.165, 1.54) is 89.4 Å². The molecule has 7 aromatic rings. The molecule has 0 saturated carbocycles. The molecule has 1 nitrogen and oxygen atoms in total. The number of allylic oxidation sites excluding steroid dienone is 4. The molecule has 0 radical (unpaired) electrons. The van der Waals surface area contributed by atoms with Gasteiger partial charge < -0.3 is 4.90 Å². The van der Waals surface area contributed by atoms with Crippen LogP contribution in [0.15, 0.2) is 188 Å². The van der Waals surface area contributed by atoms with Gasteiger partial charge in [-0.2, -0.15) is 0 Å². The Bertz CT molecular complexity index is 2630. The van der Waals surface area contributed by atoms with E-state index in [0.29, 0.717) is 5.92 Å². The van der Waals surface area contributed by atoms with E-state index in [1.54, 1.807) is 0 Å². The van der Waals surface area contributed by atoms with Crippen molar-refractivity contribution < 1.29 is 0 Å². The van der Waals surface area contributed by atoms with Gasteiger partial charge in [0.2, 0.25) is 0 Å². The lowest BCUT2D eigenvalue weighted by Gasteiger charge is -2.34. The molecule has 252 valence electrons. The lowest BCUT2D eigenvalue weighted by molar-refractivity contribution is 0.660. The fraction of sp³-hybridized carbons (Fsp3) is 0.115. The number of nitrogens with zero attached hydrogens (tertiary/aromatic N) is 1. The highest BCUT2D eigenvalue weighted by molar-refractivity contribution is 5.96. The average molecular weight is 678 g/mol. The van der Waals surface area contributed by atoms with Crippen molar-refractivity contribution in [2.45, 2.75) is 37.0 Å². The smallest absolute Gasteiger partial charge is 0.0726 e. The van der Waals surface area contributed by atoms with Crippen LogP contribution in [0, 0.1) is 0 Å². The van der Waals surface area contributed by atoms with Crippen molar-refractivity contribution in [2.75, 3.05) is 4.90 Å². The van der Waals surface area contributed by atoms with Crippen molar-refractivity contribution in [1.29, 1.82) is 0 Å². The van der Waals surface area contributed by atoms with Gasteiger partial charge in [-0.05, 0) is 109 Å². The highest BCUT2D eigenvalue weighted by Gasteiger charge is 2.51. The molecule has 4 aliphatic carbocycles. The second-order valence-corrected chi connectivity index (χ2v) is 15.6. The van der Waals surface area contributed by atoms with Gasteiger partial charge in [-0.3, -0.25) is 0 Å². The first-order valence-corrected chi connectivity index (χ1v) is 19.0. The second kappa shape index (κ2) is 11.2. The third kappa shape index (κ3) is 4.14. The molecule has 0 aliphatic heterocycles. The zero-order valence-electron chi connectivity index (χ0n) is 30.1. The standard InChI is InChI=1S/C52H39N/c1-51(2)45-23-10-6-19-39(45)43-29-27-37(32-49(43)51)53(36-18-14-17-35(31-36)34-15-4-3-5-16-34)38-28-30-44-42-22-9-13-26-48(42)52(50(44)33-38)46-24-11-7-20-40(46)41-21-8-12-25-47(41)52/h3-30,32-33,35H,31H2,1-2H3. The van der Waals surface area contributed by atoms with E-state index in [4.69, 9.17) is 0 Å². The Morgan fingerprint density at radius 3 is 1.49 bits per heavy atom. The van der Waals surface area contributed by atoms with Crippen LogP contribution in [0.1, 0.15) is 65.1 Å². The van der Waals surface area contributed by atoms with E-state index in [1.807, 2.05) is 0 Å². The number of hydrogen-bond donors (Lipinski definition) is 0. The topological polar surface area (TPSA) is 3.24 Å². The molecule has 0 fully saturated rings. The molecule has 1 unspecified atom stereocenters. The molecule has 1 atom stereocenters. The van der Waals surface area contributed by atoms with Crippen molar-refractivity contribution in [1.82, 2.24) is 0 Å². The van der Waals surface area contributed by atoms with Crippen LogP contribution in [0.3, 0.4) is 0 Å². The quantitative estimate of drug-likeness (QED) is 0.179. The molecule has 7 aromatic carbocycles. The first kappa shape index (κ1) is 30.4. The average Bonchev–Trinajstić information content (AvgIpc) is 3.77. The van der Waals surface area contributed by atoms with Gasteiger partial charge in [0.25, 0.3) is 0 Å². The van der Waals surface area contributed by atoms with Crippen molar-refractivity contribution in [3.8, 4) is 33.4 Å². The summed E-state index contributed by atoms with van der Waals surface area (Å²) < 4.78 is 0. The summed E-state index contributed by atoms with van der Waals surface area (Å²) in [5.74, 6) is 0.299. The Morgan fingerprint density at radius 1 is 0.453 bits per heavy atom. The van der Waals surface area contributed by atoms with Gasteiger partial charge in [-0.25, -0.2) is 0 Å². The SMILES string of the molecule is CC1(C)c2ccccc2-c2ccc(N(C3=CC=CC(c4ccccc4)C3)c3ccc4c(c3)C3(c5ccccc5-c5ccccc53)c3ccccc3-4)cc21. The number of benzene rings is 7. The Balaban J connectivity index is 1.14. The highest BCUT2D eigenvalue weighted by Crippen LogP contribution is 2.63. The third-order valence-corrected chi connectivity index (χ3v) is 12.6. The highest BCUT2D eigenvalue weighted by atomic mass is 15.1. The van der Waals surface area contributed by atoms with Gasteiger partial charge in [-0.15, -0.1) is 0 Å². The summed E-state index contributed by atoms with van der Waals surface area (Å²) in [5.41, 5.74) is 20.8. The summed E-state index contributed by atoms with van der Waals surface area (Å²) >= 11 is 0. The zero-order valence-corrected chi connectivity index (χ0v) is 30.1. The molecule has 0 N–H and O–H groups in total. The van der Waals surface area contributed by atoms with Gasteiger partial charge in [0.05, 0.1) is 5.41 Å². The first-order chi connectivity index (χ1) is 26.0. The fourth-order valence-corrected chi connectivity index (χ4v) is 10.3. The van der Waals surface area contributed by atoms with E-state index in [0.717, 1.165) is 6.42 Å². The Kier molecular flexibility index (Phi) is 6.41. The minimum absolute atomic E-state index is 0.0953. The zero-order chi connectivity index (χ0) is 35.3. The molecule has 0 aromatic heterocycles. The molecule has 53 heavy (non-hydrogen) atoms. The minimum Gasteiger partial charge on any atom is -0.314 e. The number of rotatable bonds is 4. The number of fused-ring (bicyclic) bond motifs is 13. The van der Waals surface area contributed by atoms with Gasteiger partial charge in [-0.1, -0.05) is 166 Å². The van der Waals surface area contributed by atoms with Crippen LogP contribution in [-0.2, 0) is 10.8 Å². The predicted molar refractivity (Wildman–Crippen MR) is 220 cm³/mol. The molecular formula is C52H39N. The predicted octanol–water partition coefficient (Wildman–Crippen LogP) is 13.1. The Hall–Kier alpha value is -6.18. The molecule has 0 bridgehead atoms. The third-order valence-electron chi connectivity index (χ3n) is 12.6. The molecule has 1 spiro atoms. The molecule has 0 amide bonds. The largest absolute Gasteiger partial charge is 0.314 e. The summed E-state index contributed by atoms with van der Waals surface area (Å²) in [6, 6.07) is 61.7. The number of anilines is 2. The van der Waals surface area contributed by atoms with E-state index < -0.39 is 5.41 Å². The summed E-state index contributed by atoms with van der Waals surface area (Å²) in [5, 5.41) is 0. The molecule has 0 saturated heterocycles. The summed E-state index contributed by atoms with van der Waals surface area (Å²) in [4.78, 5) is 2.56. The van der Waals surface area contributed by atoms with Crippen LogP contribution in [0.4, 0.5) is 11.4 Å². The first-order valence-electron chi connectivity index (χ1n) is 19.0. The van der Waals surface area contributed by atoms with Crippen LogP contribution in [-0.4, -0.2) is 0 Å². The van der Waals surface area contributed by atoms with Gasteiger partial charge in [0, 0.05) is 28.4 Å². The van der Waals surface area contributed by atoms with Gasteiger partial charge >= 0.3 is 0 Å². The lowest BCUT2D eigenvalue weighted by atomic mass is 9.70. The van der Waals surface area contributed by atoms with Crippen LogP contribution in [0.25, 0.3) is 33.4 Å². The Morgan fingerprint density at radius 2 is 0.906 bits per heavy atom. The molecule has 1 heteroatoms. The van der Waals surface area contributed by atoms with E-state index in [-0.39, 0.29) is 5.41 Å². The van der Waals surface area contributed by atoms with Crippen molar-refractivity contribution in [3.05, 3.63) is 227 Å². The Labute approximate surface area is 312 Å². The molecule has 0 heterocycles. The monoisotopic (exact) mass is 677 g/mol. The summed E-state index contributed by atoms with van der Waals surface area (Å²) in [6.45, 7) is 4.76. The van der Waals surface area contributed by atoms with E-state index in [2.05, 4.69) is 201 Å². The minimum atomic E-state index is -0.393. The van der Waals surface area contributed by atoms with E-state index in [9.17, 15) is 0 Å². The van der Waals surface area contributed by atoms with Crippen LogP contribution < -0.4 is 4.90 Å². The van der Waals surface area contributed by atoms with E-state index >= 15 is 0 Å². The lowest BCUT2D eigenvalue weighted by Crippen LogP contribution is -2.26. The van der Waals surface area contributed by atoms with Crippen LogP contribution >= 0.6 is 0 Å². The van der Waals surface area contributed by atoms with Crippen molar-refractivity contribution in [3.63, 3.8) is 0 Å². The molecule has 4 aliphatic rings. The summed E-state index contributed by atoms with van der Waals surface area (Å²) in [7, 11) is 0. The number of hydrogen-bond acceptors (Lipinski definition) is 1. The fourth-order valence-electron chi connectivity index (χ4n) is 10.3. The van der Waals surface area contributed by atoms with Gasteiger partial charge in [0.15, 0.2) is 0 Å². The normalized spacial score (nSPS) is 17.3. The maximum atomic E-state index is 2.56. The van der Waals surface area contributed by atoms with Crippen molar-refractivity contribution in [2.24, 2.45) is 0 Å². The second-order valence-electron chi connectivity index (χ2n) is 15.6.